The van der Waals surface area contributed by atoms with Gasteiger partial charge in [-0.1, -0.05) is 18.2 Å². The van der Waals surface area contributed by atoms with Crippen LogP contribution in [0.5, 0.6) is 11.5 Å². The van der Waals surface area contributed by atoms with Crippen LogP contribution in [0.1, 0.15) is 0 Å². The predicted molar refractivity (Wildman–Crippen MR) is 86.9 cm³/mol. The molecule has 106 valence electrons. The van der Waals surface area contributed by atoms with E-state index >= 15 is 0 Å². The molecule has 0 aliphatic carbocycles. The number of hydrogen-bond acceptors (Lipinski definition) is 3. The van der Waals surface area contributed by atoms with Crippen molar-refractivity contribution in [2.24, 2.45) is 0 Å². The maximum atomic E-state index is 5.82. The summed E-state index contributed by atoms with van der Waals surface area (Å²) in [6.45, 7) is 0. The molecule has 0 saturated heterocycles. The van der Waals surface area contributed by atoms with Crippen LogP contribution in [0, 0.1) is 0 Å². The zero-order valence-corrected chi connectivity index (χ0v) is 12.1. The highest BCUT2D eigenvalue weighted by molar-refractivity contribution is 5.89. The molecule has 2 N–H and O–H groups in total. The Morgan fingerprint density at radius 3 is 1.95 bits per heavy atom. The lowest BCUT2D eigenvalue weighted by atomic mass is 10.0. The van der Waals surface area contributed by atoms with Gasteiger partial charge in [-0.3, -0.25) is 0 Å². The van der Waals surface area contributed by atoms with Crippen LogP contribution in [0.3, 0.4) is 0 Å². The molecule has 3 rings (SSSR count). The van der Waals surface area contributed by atoms with E-state index in [-0.39, 0.29) is 0 Å². The van der Waals surface area contributed by atoms with Crippen molar-refractivity contribution >= 4 is 16.5 Å². The molecular formula is C18H17NO2. The average Bonchev–Trinajstić information content (AvgIpc) is 2.53. The summed E-state index contributed by atoms with van der Waals surface area (Å²) < 4.78 is 10.7. The summed E-state index contributed by atoms with van der Waals surface area (Å²) in [7, 11) is 3.31. The Morgan fingerprint density at radius 1 is 0.667 bits per heavy atom. The molecule has 0 fully saturated rings. The van der Waals surface area contributed by atoms with Crippen LogP contribution < -0.4 is 15.2 Å². The lowest BCUT2D eigenvalue weighted by molar-refractivity contribution is 0.394. The first-order valence-corrected chi connectivity index (χ1v) is 6.72. The molecule has 0 aromatic heterocycles. The minimum absolute atomic E-state index is 0.776. The summed E-state index contributed by atoms with van der Waals surface area (Å²) in [6.07, 6.45) is 0. The molecule has 0 saturated carbocycles. The van der Waals surface area contributed by atoms with E-state index in [0.29, 0.717) is 0 Å². The van der Waals surface area contributed by atoms with Crippen LogP contribution >= 0.6 is 0 Å². The molecule has 0 spiro atoms. The number of ether oxygens (including phenoxy) is 2. The van der Waals surface area contributed by atoms with Gasteiger partial charge in [-0.25, -0.2) is 0 Å². The molecule has 0 aliphatic heterocycles. The third-order valence-corrected chi connectivity index (χ3v) is 3.55. The number of benzene rings is 3. The summed E-state index contributed by atoms with van der Waals surface area (Å²) in [5.74, 6) is 1.56. The van der Waals surface area contributed by atoms with Gasteiger partial charge in [0.2, 0.25) is 0 Å². The molecule has 3 aromatic rings. The van der Waals surface area contributed by atoms with Gasteiger partial charge in [0.15, 0.2) is 0 Å². The number of nitrogens with two attached hydrogens (primary N) is 1. The van der Waals surface area contributed by atoms with Gasteiger partial charge < -0.3 is 15.2 Å². The summed E-state index contributed by atoms with van der Waals surface area (Å²) in [4.78, 5) is 0. The number of nitrogen functional groups attached to an aromatic ring is 1. The molecular weight excluding hydrogens is 262 g/mol. The molecule has 3 aromatic carbocycles. The topological polar surface area (TPSA) is 44.5 Å². The number of rotatable bonds is 3. The second-order valence-corrected chi connectivity index (χ2v) is 4.92. The molecule has 21 heavy (non-hydrogen) atoms. The fraction of sp³-hybridized carbons (Fsp3) is 0.111. The average molecular weight is 279 g/mol. The van der Waals surface area contributed by atoms with Crippen molar-refractivity contribution in [2.75, 3.05) is 20.0 Å². The van der Waals surface area contributed by atoms with Crippen LogP contribution in [0.25, 0.3) is 21.9 Å². The second kappa shape index (κ2) is 5.37. The van der Waals surface area contributed by atoms with Gasteiger partial charge in [0.05, 0.1) is 14.2 Å². The fourth-order valence-corrected chi connectivity index (χ4v) is 2.42. The Hall–Kier alpha value is -2.68. The van der Waals surface area contributed by atoms with E-state index in [1.807, 2.05) is 36.4 Å². The SMILES string of the molecule is COc1cc(OC)cc(-c2ccc3cc(N)ccc3c2)c1. The Labute approximate surface area is 123 Å². The van der Waals surface area contributed by atoms with Crippen LogP contribution in [0.15, 0.2) is 54.6 Å². The van der Waals surface area contributed by atoms with Gasteiger partial charge in [-0.15, -0.1) is 0 Å². The number of hydrogen-bond donors (Lipinski definition) is 1. The summed E-state index contributed by atoms with van der Waals surface area (Å²) >= 11 is 0. The quantitative estimate of drug-likeness (QED) is 0.734. The maximum absolute atomic E-state index is 5.82. The van der Waals surface area contributed by atoms with E-state index in [1.54, 1.807) is 14.2 Å². The monoisotopic (exact) mass is 279 g/mol. The first kappa shape index (κ1) is 13.3. The lowest BCUT2D eigenvalue weighted by Gasteiger charge is -2.09. The van der Waals surface area contributed by atoms with Crippen molar-refractivity contribution in [1.82, 2.24) is 0 Å². The van der Waals surface area contributed by atoms with E-state index in [0.717, 1.165) is 39.1 Å². The van der Waals surface area contributed by atoms with Crippen molar-refractivity contribution in [2.45, 2.75) is 0 Å². The third-order valence-electron chi connectivity index (χ3n) is 3.55. The molecule has 3 heteroatoms. The molecule has 0 amide bonds. The highest BCUT2D eigenvalue weighted by Gasteiger charge is 2.05. The van der Waals surface area contributed by atoms with Crippen molar-refractivity contribution in [3.63, 3.8) is 0 Å². The lowest BCUT2D eigenvalue weighted by Crippen LogP contribution is -1.89. The fourth-order valence-electron chi connectivity index (χ4n) is 2.42. The highest BCUT2D eigenvalue weighted by atomic mass is 16.5. The Balaban J connectivity index is 2.13. The molecule has 0 heterocycles. The Kier molecular flexibility index (Phi) is 3.40. The summed E-state index contributed by atoms with van der Waals surface area (Å²) in [6, 6.07) is 18.1. The Morgan fingerprint density at radius 2 is 1.29 bits per heavy atom. The summed E-state index contributed by atoms with van der Waals surface area (Å²) in [5, 5.41) is 2.29. The van der Waals surface area contributed by atoms with Gasteiger partial charge in [-0.05, 0) is 52.2 Å². The maximum Gasteiger partial charge on any atom is 0.123 e. The first-order valence-electron chi connectivity index (χ1n) is 6.72. The van der Waals surface area contributed by atoms with E-state index in [9.17, 15) is 0 Å². The number of anilines is 1. The van der Waals surface area contributed by atoms with E-state index in [1.165, 1.54) is 0 Å². The van der Waals surface area contributed by atoms with Crippen LogP contribution in [0.4, 0.5) is 5.69 Å². The van der Waals surface area contributed by atoms with Crippen molar-refractivity contribution < 1.29 is 9.47 Å². The smallest absolute Gasteiger partial charge is 0.123 e. The molecule has 0 atom stereocenters. The second-order valence-electron chi connectivity index (χ2n) is 4.92. The minimum atomic E-state index is 0.776. The highest BCUT2D eigenvalue weighted by Crippen LogP contribution is 2.31. The van der Waals surface area contributed by atoms with Crippen molar-refractivity contribution in [3.05, 3.63) is 54.6 Å². The van der Waals surface area contributed by atoms with Gasteiger partial charge in [-0.2, -0.15) is 0 Å². The number of fused-ring (bicyclic) bond motifs is 1. The molecule has 0 aliphatic rings. The van der Waals surface area contributed by atoms with E-state index in [4.69, 9.17) is 15.2 Å². The largest absolute Gasteiger partial charge is 0.497 e. The predicted octanol–water partition coefficient (Wildman–Crippen LogP) is 4.11. The van der Waals surface area contributed by atoms with Gasteiger partial charge in [0.25, 0.3) is 0 Å². The van der Waals surface area contributed by atoms with E-state index in [2.05, 4.69) is 18.2 Å². The minimum Gasteiger partial charge on any atom is -0.497 e. The van der Waals surface area contributed by atoms with Gasteiger partial charge >= 0.3 is 0 Å². The van der Waals surface area contributed by atoms with Gasteiger partial charge in [0, 0.05) is 11.8 Å². The molecule has 0 unspecified atom stereocenters. The van der Waals surface area contributed by atoms with Crippen molar-refractivity contribution in [1.29, 1.82) is 0 Å². The zero-order valence-electron chi connectivity index (χ0n) is 12.1. The zero-order chi connectivity index (χ0) is 14.8. The normalized spacial score (nSPS) is 10.6. The molecule has 0 radical (unpaired) electrons. The summed E-state index contributed by atoms with van der Waals surface area (Å²) in [5.41, 5.74) is 8.77. The van der Waals surface area contributed by atoms with Crippen LogP contribution in [0.2, 0.25) is 0 Å². The Bertz CT molecular complexity index is 774. The van der Waals surface area contributed by atoms with Crippen LogP contribution in [-0.4, -0.2) is 14.2 Å². The standard InChI is InChI=1S/C18H17NO2/c1-20-17-9-15(10-18(11-17)21-2)13-3-4-14-8-16(19)6-5-12(14)7-13/h3-11H,19H2,1-2H3. The molecule has 0 bridgehead atoms. The molecule has 3 nitrogen and oxygen atoms in total. The van der Waals surface area contributed by atoms with Crippen LogP contribution in [-0.2, 0) is 0 Å². The van der Waals surface area contributed by atoms with Gasteiger partial charge in [0.1, 0.15) is 11.5 Å². The number of methoxy groups -OCH3 is 2. The van der Waals surface area contributed by atoms with E-state index < -0.39 is 0 Å². The third kappa shape index (κ3) is 2.63. The van der Waals surface area contributed by atoms with Crippen molar-refractivity contribution in [3.8, 4) is 22.6 Å². The first-order chi connectivity index (χ1) is 10.2.